The second-order valence-corrected chi connectivity index (χ2v) is 17.2. The van der Waals surface area contributed by atoms with Crippen LogP contribution in [0.5, 0.6) is 17.2 Å². The highest BCUT2D eigenvalue weighted by Gasteiger charge is 2.27. The molecule has 0 unspecified atom stereocenters. The quantitative estimate of drug-likeness (QED) is 0.154. The molecule has 10 heteroatoms. The van der Waals surface area contributed by atoms with Crippen LogP contribution in [0.15, 0.2) is 138 Å². The fourth-order valence-corrected chi connectivity index (χ4v) is 9.11. The van der Waals surface area contributed by atoms with Crippen molar-refractivity contribution in [3.8, 4) is 28.4 Å². The molecule has 0 fully saturated rings. The number of hydrogen-bond donors (Lipinski definition) is 1. The Morgan fingerprint density at radius 3 is 1.43 bits per heavy atom. The molecule has 56 heavy (non-hydrogen) atoms. The molecule has 0 bridgehead atoms. The topological polar surface area (TPSA) is 100 Å². The van der Waals surface area contributed by atoms with Crippen LogP contribution in [0.25, 0.3) is 55.0 Å². The first-order chi connectivity index (χ1) is 27.1. The lowest BCUT2D eigenvalue weighted by atomic mass is 9.84. The van der Waals surface area contributed by atoms with Gasteiger partial charge in [-0.05, 0) is 77.4 Å². The molecule has 286 valence electrons. The van der Waals surface area contributed by atoms with E-state index in [4.69, 9.17) is 30.6 Å². The molecule has 0 aliphatic carbocycles. The lowest BCUT2D eigenvalue weighted by Gasteiger charge is -2.24. The predicted octanol–water partition coefficient (Wildman–Crippen LogP) is 14.2. The summed E-state index contributed by atoms with van der Waals surface area (Å²) in [6.45, 7) is 10.5. The van der Waals surface area contributed by atoms with Crippen LogP contribution in [0.1, 0.15) is 51.3 Å². The Bertz CT molecular complexity index is 2680. The number of aliphatic hydroxyl groups excluding tert-OH is 1. The van der Waals surface area contributed by atoms with Gasteiger partial charge in [0.05, 0.1) is 13.7 Å². The minimum Gasteiger partial charge on any atom is -0.493 e. The number of rotatable bonds is 9. The van der Waals surface area contributed by atoms with Crippen LogP contribution < -0.4 is 13.8 Å². The maximum Gasteiger partial charge on any atom is 0.453 e. The lowest BCUT2D eigenvalue weighted by Crippen LogP contribution is -2.12. The third kappa shape index (κ3) is 7.53. The zero-order valence-electron chi connectivity index (χ0n) is 32.2. The lowest BCUT2D eigenvalue weighted by molar-refractivity contribution is 0.278. The van der Waals surface area contributed by atoms with Crippen LogP contribution in [0, 0.1) is 5.92 Å². The van der Waals surface area contributed by atoms with Gasteiger partial charge in [0.2, 0.25) is 0 Å². The van der Waals surface area contributed by atoms with E-state index >= 15 is 0 Å². The minimum absolute atomic E-state index is 0.277. The van der Waals surface area contributed by atoms with Gasteiger partial charge in [-0.2, -0.15) is 0 Å². The molecule has 8 aromatic rings. The molecule has 8 rings (SSSR count). The predicted molar refractivity (Wildman–Crippen MR) is 226 cm³/mol. The van der Waals surface area contributed by atoms with E-state index in [0.717, 1.165) is 39.1 Å². The van der Waals surface area contributed by atoms with Crippen LogP contribution >= 0.6 is 16.5 Å². The number of hydrogen-bond acceptors (Lipinski definition) is 8. The molecule has 0 spiro atoms. The summed E-state index contributed by atoms with van der Waals surface area (Å²) in [5, 5.41) is 14.7. The molecule has 0 atom stereocenters. The third-order valence-corrected chi connectivity index (χ3v) is 11.7. The Hall–Kier alpha value is -5.52. The summed E-state index contributed by atoms with van der Waals surface area (Å²) in [6, 6.07) is 39.5. The largest absolute Gasteiger partial charge is 0.493 e. The summed E-state index contributed by atoms with van der Waals surface area (Å²) >= 11 is 0. The Morgan fingerprint density at radius 1 is 0.589 bits per heavy atom. The maximum absolute atomic E-state index is 11.0. The molecule has 0 saturated carbocycles. The summed E-state index contributed by atoms with van der Waals surface area (Å²) in [6.07, 6.45) is 0.765. The summed E-state index contributed by atoms with van der Waals surface area (Å²) in [7, 11) is -2.48. The SMILES string of the molecule is COc1cc(C(C)(C)C)cc(-c2cc(CC(C)C)cc(CO)c2Op2oc3ccccc3c3ccccc3o2)c1Op1oc2ccccc2c2ccccc2o1. The van der Waals surface area contributed by atoms with Gasteiger partial charge in [0.1, 0.15) is 22.3 Å². The zero-order valence-corrected chi connectivity index (χ0v) is 34.0. The third-order valence-electron chi connectivity index (χ3n) is 9.62. The van der Waals surface area contributed by atoms with E-state index in [0.29, 0.717) is 62.2 Å². The molecule has 2 heterocycles. The van der Waals surface area contributed by atoms with Gasteiger partial charge in [-0.1, -0.05) is 107 Å². The van der Waals surface area contributed by atoms with Gasteiger partial charge in [0.25, 0.3) is 0 Å². The van der Waals surface area contributed by atoms with Crippen molar-refractivity contribution in [3.63, 3.8) is 0 Å². The number of para-hydroxylation sites is 4. The first-order valence-electron chi connectivity index (χ1n) is 18.6. The van der Waals surface area contributed by atoms with Gasteiger partial charge < -0.3 is 35.7 Å². The van der Waals surface area contributed by atoms with Crippen LogP contribution in [0.4, 0.5) is 0 Å². The van der Waals surface area contributed by atoms with Crippen molar-refractivity contribution >= 4 is 60.4 Å². The van der Waals surface area contributed by atoms with Crippen molar-refractivity contribution in [1.29, 1.82) is 0 Å². The minimum atomic E-state index is -2.06. The highest BCUT2D eigenvalue weighted by atomic mass is 31.1. The Morgan fingerprint density at radius 2 is 1.02 bits per heavy atom. The molecule has 6 aromatic carbocycles. The average Bonchev–Trinajstić information content (AvgIpc) is 3.45. The van der Waals surface area contributed by atoms with Crippen LogP contribution in [0.2, 0.25) is 0 Å². The Labute approximate surface area is 327 Å². The monoisotopic (exact) mass is 786 g/mol. The van der Waals surface area contributed by atoms with E-state index in [-0.39, 0.29) is 12.0 Å². The highest BCUT2D eigenvalue weighted by molar-refractivity contribution is 7.32. The molecule has 1 N–H and O–H groups in total. The van der Waals surface area contributed by atoms with E-state index in [2.05, 4.69) is 46.8 Å². The number of benzene rings is 6. The van der Waals surface area contributed by atoms with Crippen molar-refractivity contribution in [3.05, 3.63) is 138 Å². The summed E-state index contributed by atoms with van der Waals surface area (Å²) in [5.41, 5.74) is 6.26. The van der Waals surface area contributed by atoms with Crippen molar-refractivity contribution in [1.82, 2.24) is 0 Å². The Kier molecular flexibility index (Phi) is 10.4. The molecule has 0 saturated heterocycles. The van der Waals surface area contributed by atoms with Crippen LogP contribution in [-0.2, 0) is 18.4 Å². The van der Waals surface area contributed by atoms with Crippen molar-refractivity contribution in [2.75, 3.05) is 7.11 Å². The smallest absolute Gasteiger partial charge is 0.453 e. The fourth-order valence-electron chi connectivity index (χ4n) is 6.91. The molecule has 2 aromatic heterocycles. The summed E-state index contributed by atoms with van der Waals surface area (Å²) in [5.74, 6) is 1.65. The van der Waals surface area contributed by atoms with Crippen molar-refractivity contribution in [2.24, 2.45) is 5.92 Å². The van der Waals surface area contributed by atoms with E-state index in [1.807, 2.05) is 109 Å². The summed E-state index contributed by atoms with van der Waals surface area (Å²) < 4.78 is 46.0. The Balaban J connectivity index is 1.41. The molecular weight excluding hydrogens is 742 g/mol. The average molecular weight is 787 g/mol. The number of ether oxygens (including phenoxy) is 1. The second kappa shape index (κ2) is 15.5. The molecule has 8 nitrogen and oxygen atoms in total. The van der Waals surface area contributed by atoms with Gasteiger partial charge in [0.15, 0.2) is 17.2 Å². The summed E-state index contributed by atoms with van der Waals surface area (Å²) in [4.78, 5) is 0. The first kappa shape index (κ1) is 37.4. The molecule has 0 radical (unpaired) electrons. The molecule has 0 aliphatic rings. The van der Waals surface area contributed by atoms with Gasteiger partial charge in [-0.3, -0.25) is 0 Å². The second-order valence-electron chi connectivity index (χ2n) is 15.2. The molecule has 0 amide bonds. The standard InChI is InChI=1S/C46H44O8P2/c1-29(2)23-30-24-31(28-47)44(53-55-49-39-19-11-7-15-33(39)34-16-8-12-20-40(34)50-55)37(25-30)38-26-32(46(3,4)5)27-43(48-6)45(38)54-56-51-41-21-13-9-17-35(41)36-18-10-14-22-42(36)52-56/h7-22,24-27,29,47H,23,28H2,1-6H3. The zero-order chi connectivity index (χ0) is 39.0. The molecular formula is C46H44O8P2. The van der Waals surface area contributed by atoms with Crippen molar-refractivity contribution < 1.29 is 35.7 Å². The van der Waals surface area contributed by atoms with Gasteiger partial charge >= 0.3 is 16.5 Å². The number of fused-ring (bicyclic) bond motifs is 6. The van der Waals surface area contributed by atoms with Gasteiger partial charge in [0, 0.05) is 38.2 Å². The highest BCUT2D eigenvalue weighted by Crippen LogP contribution is 2.52. The van der Waals surface area contributed by atoms with Gasteiger partial charge in [-0.25, -0.2) is 0 Å². The maximum atomic E-state index is 11.0. The van der Waals surface area contributed by atoms with E-state index < -0.39 is 16.5 Å². The first-order valence-corrected chi connectivity index (χ1v) is 20.8. The van der Waals surface area contributed by atoms with Gasteiger partial charge in [-0.15, -0.1) is 0 Å². The van der Waals surface area contributed by atoms with Crippen LogP contribution in [-0.4, -0.2) is 12.2 Å². The number of methoxy groups -OCH3 is 1. The normalized spacial score (nSPS) is 11.8. The van der Waals surface area contributed by atoms with Crippen LogP contribution in [0.3, 0.4) is 0 Å². The van der Waals surface area contributed by atoms with Crippen molar-refractivity contribution in [2.45, 2.75) is 53.1 Å². The fraction of sp³-hybridized carbons (Fsp3) is 0.217. The van der Waals surface area contributed by atoms with E-state index in [1.165, 1.54) is 0 Å². The molecule has 0 aliphatic heterocycles. The number of aliphatic hydroxyl groups is 1. The van der Waals surface area contributed by atoms with E-state index in [9.17, 15) is 5.11 Å². The van der Waals surface area contributed by atoms with E-state index in [1.54, 1.807) is 7.11 Å².